The normalized spacial score (nSPS) is 9.81. The van der Waals surface area contributed by atoms with Crippen LogP contribution >= 0.6 is 0 Å². The zero-order valence-electron chi connectivity index (χ0n) is 9.06. The molecule has 0 aliphatic carbocycles. The number of hydrogen-bond donors (Lipinski definition) is 0. The molecule has 0 heterocycles. The maximum absolute atomic E-state index is 10.8. The van der Waals surface area contributed by atoms with Gasteiger partial charge in [0.05, 0.1) is 14.2 Å². The minimum Gasteiger partial charge on any atom is -0.493 e. The van der Waals surface area contributed by atoms with Gasteiger partial charge in [-0.15, -0.1) is 0 Å². The average molecular weight is 217 g/mol. The second kappa shape index (κ2) is 5.56. The van der Waals surface area contributed by atoms with Crippen molar-refractivity contribution in [2.75, 3.05) is 14.2 Å². The van der Waals surface area contributed by atoms with Crippen molar-refractivity contribution in [3.8, 4) is 17.6 Å². The highest BCUT2D eigenvalue weighted by Gasteiger charge is 2.02. The van der Waals surface area contributed by atoms with Gasteiger partial charge in [0, 0.05) is 0 Å². The number of carbonyl (C=O) groups is 1. The highest BCUT2D eigenvalue weighted by molar-refractivity contribution is 6.04. The van der Waals surface area contributed by atoms with Crippen LogP contribution in [-0.4, -0.2) is 20.0 Å². The number of ether oxygens (including phenoxy) is 2. The van der Waals surface area contributed by atoms with E-state index in [1.165, 1.54) is 19.3 Å². The standard InChI is InChI=1S/C12H11NO3/c1-15-11-6-4-9(7-12(11)16-2)3-5-10(14)8-13/h3-7H,1-2H3/b5-3+. The van der Waals surface area contributed by atoms with E-state index < -0.39 is 5.78 Å². The molecule has 82 valence electrons. The Bertz CT molecular complexity index is 458. The predicted octanol–water partition coefficient (Wildman–Crippen LogP) is 1.81. The molecule has 1 aromatic rings. The molecule has 4 heteroatoms. The minimum atomic E-state index is -0.588. The summed E-state index contributed by atoms with van der Waals surface area (Å²) in [6, 6.07) is 6.72. The number of nitrogens with zero attached hydrogens (tertiary/aromatic N) is 1. The van der Waals surface area contributed by atoms with Gasteiger partial charge in [-0.05, 0) is 23.8 Å². The number of allylic oxidation sites excluding steroid dienone is 1. The summed E-state index contributed by atoms with van der Waals surface area (Å²) in [5, 5.41) is 8.30. The van der Waals surface area contributed by atoms with Crippen LogP contribution in [0.5, 0.6) is 11.5 Å². The van der Waals surface area contributed by atoms with Crippen LogP contribution in [0.4, 0.5) is 0 Å². The van der Waals surface area contributed by atoms with Crippen LogP contribution in [0, 0.1) is 11.3 Å². The van der Waals surface area contributed by atoms with E-state index in [0.717, 1.165) is 5.56 Å². The molecule has 4 nitrogen and oxygen atoms in total. The molecule has 0 spiro atoms. The predicted molar refractivity (Wildman–Crippen MR) is 59.2 cm³/mol. The zero-order chi connectivity index (χ0) is 12.0. The lowest BCUT2D eigenvalue weighted by atomic mass is 10.1. The Morgan fingerprint density at radius 2 is 2.00 bits per heavy atom. The number of ketones is 1. The molecule has 0 N–H and O–H groups in total. The van der Waals surface area contributed by atoms with E-state index in [0.29, 0.717) is 11.5 Å². The molecule has 0 radical (unpaired) electrons. The number of methoxy groups -OCH3 is 2. The Kier molecular flexibility index (Phi) is 4.10. The van der Waals surface area contributed by atoms with Crippen molar-refractivity contribution >= 4 is 11.9 Å². The summed E-state index contributed by atoms with van der Waals surface area (Å²) in [7, 11) is 3.08. The first-order valence-corrected chi connectivity index (χ1v) is 4.55. The van der Waals surface area contributed by atoms with Crippen molar-refractivity contribution < 1.29 is 14.3 Å². The van der Waals surface area contributed by atoms with Gasteiger partial charge in [0.1, 0.15) is 6.07 Å². The summed E-state index contributed by atoms with van der Waals surface area (Å²) >= 11 is 0. The first kappa shape index (κ1) is 11.8. The lowest BCUT2D eigenvalue weighted by molar-refractivity contribution is -0.109. The highest BCUT2D eigenvalue weighted by Crippen LogP contribution is 2.27. The maximum Gasteiger partial charge on any atom is 0.255 e. The van der Waals surface area contributed by atoms with Gasteiger partial charge in [-0.2, -0.15) is 5.26 Å². The Morgan fingerprint density at radius 1 is 1.31 bits per heavy atom. The maximum atomic E-state index is 10.8. The second-order valence-corrected chi connectivity index (χ2v) is 2.92. The third-order valence-corrected chi connectivity index (χ3v) is 1.94. The summed E-state index contributed by atoms with van der Waals surface area (Å²) in [5.74, 6) is 0.607. The topological polar surface area (TPSA) is 59.3 Å². The average Bonchev–Trinajstić information content (AvgIpc) is 2.35. The van der Waals surface area contributed by atoms with Gasteiger partial charge in [-0.25, -0.2) is 0 Å². The van der Waals surface area contributed by atoms with Crippen molar-refractivity contribution in [1.29, 1.82) is 5.26 Å². The molecular weight excluding hydrogens is 206 g/mol. The van der Waals surface area contributed by atoms with Gasteiger partial charge in [-0.3, -0.25) is 4.79 Å². The fraction of sp³-hybridized carbons (Fsp3) is 0.167. The third kappa shape index (κ3) is 2.85. The SMILES string of the molecule is COc1ccc(/C=C/C(=O)C#N)cc1OC. The van der Waals surface area contributed by atoms with Crippen molar-refractivity contribution in [1.82, 2.24) is 0 Å². The first-order chi connectivity index (χ1) is 7.71. The van der Waals surface area contributed by atoms with Crippen LogP contribution in [0.25, 0.3) is 6.08 Å². The number of carbonyl (C=O) groups excluding carboxylic acids is 1. The quantitative estimate of drug-likeness (QED) is 0.570. The van der Waals surface area contributed by atoms with E-state index >= 15 is 0 Å². The van der Waals surface area contributed by atoms with Crippen LogP contribution in [0.15, 0.2) is 24.3 Å². The van der Waals surface area contributed by atoms with Crippen LogP contribution in [0.1, 0.15) is 5.56 Å². The summed E-state index contributed by atoms with van der Waals surface area (Å²) in [4.78, 5) is 10.8. The Hall–Kier alpha value is -2.28. The molecule has 0 saturated carbocycles. The van der Waals surface area contributed by atoms with Crippen molar-refractivity contribution in [3.05, 3.63) is 29.8 Å². The number of nitriles is 1. The second-order valence-electron chi connectivity index (χ2n) is 2.92. The molecule has 1 aromatic carbocycles. The summed E-state index contributed by atoms with van der Waals surface area (Å²) in [6.07, 6.45) is 2.76. The number of rotatable bonds is 4. The third-order valence-electron chi connectivity index (χ3n) is 1.94. The Morgan fingerprint density at radius 3 is 2.56 bits per heavy atom. The van der Waals surface area contributed by atoms with E-state index in [9.17, 15) is 4.79 Å². The summed E-state index contributed by atoms with van der Waals surface area (Å²) < 4.78 is 10.2. The fourth-order valence-electron chi connectivity index (χ4n) is 1.17. The molecule has 0 bridgehead atoms. The summed E-state index contributed by atoms with van der Waals surface area (Å²) in [5.41, 5.74) is 0.765. The van der Waals surface area contributed by atoms with Gasteiger partial charge in [0.2, 0.25) is 0 Å². The van der Waals surface area contributed by atoms with E-state index in [1.807, 2.05) is 0 Å². The van der Waals surface area contributed by atoms with Crippen LogP contribution in [-0.2, 0) is 4.79 Å². The zero-order valence-corrected chi connectivity index (χ0v) is 9.06. The highest BCUT2D eigenvalue weighted by atomic mass is 16.5. The van der Waals surface area contributed by atoms with E-state index in [1.54, 1.807) is 31.4 Å². The number of hydrogen-bond acceptors (Lipinski definition) is 4. The smallest absolute Gasteiger partial charge is 0.255 e. The van der Waals surface area contributed by atoms with Gasteiger partial charge >= 0.3 is 0 Å². The van der Waals surface area contributed by atoms with E-state index in [-0.39, 0.29) is 0 Å². The molecule has 0 aliphatic heterocycles. The Labute approximate surface area is 93.7 Å². The molecule has 0 aromatic heterocycles. The molecule has 1 rings (SSSR count). The molecule has 16 heavy (non-hydrogen) atoms. The summed E-state index contributed by atoms with van der Waals surface area (Å²) in [6.45, 7) is 0. The van der Waals surface area contributed by atoms with Gasteiger partial charge in [-0.1, -0.05) is 12.1 Å². The monoisotopic (exact) mass is 217 g/mol. The van der Waals surface area contributed by atoms with E-state index in [4.69, 9.17) is 14.7 Å². The molecule has 0 fully saturated rings. The van der Waals surface area contributed by atoms with Crippen molar-refractivity contribution in [2.45, 2.75) is 0 Å². The molecular formula is C12H11NO3. The van der Waals surface area contributed by atoms with Crippen LogP contribution < -0.4 is 9.47 Å². The molecule has 0 aliphatic rings. The van der Waals surface area contributed by atoms with Crippen LogP contribution in [0.2, 0.25) is 0 Å². The molecule has 0 atom stereocenters. The first-order valence-electron chi connectivity index (χ1n) is 4.55. The molecule has 0 unspecified atom stereocenters. The van der Waals surface area contributed by atoms with E-state index in [2.05, 4.69) is 0 Å². The fourth-order valence-corrected chi connectivity index (χ4v) is 1.17. The minimum absolute atomic E-state index is 0.578. The lowest BCUT2D eigenvalue weighted by Crippen LogP contribution is -1.90. The lowest BCUT2D eigenvalue weighted by Gasteiger charge is -2.07. The number of benzene rings is 1. The molecule has 0 saturated heterocycles. The van der Waals surface area contributed by atoms with Gasteiger partial charge < -0.3 is 9.47 Å². The van der Waals surface area contributed by atoms with Gasteiger partial charge in [0.25, 0.3) is 5.78 Å². The molecule has 0 amide bonds. The van der Waals surface area contributed by atoms with Gasteiger partial charge in [0.15, 0.2) is 11.5 Å². The Balaban J connectivity index is 2.96. The largest absolute Gasteiger partial charge is 0.493 e. The van der Waals surface area contributed by atoms with Crippen LogP contribution in [0.3, 0.4) is 0 Å². The van der Waals surface area contributed by atoms with Crippen molar-refractivity contribution in [3.63, 3.8) is 0 Å². The van der Waals surface area contributed by atoms with Crippen molar-refractivity contribution in [2.24, 2.45) is 0 Å².